The first-order chi connectivity index (χ1) is 8.57. The second-order valence-corrected chi connectivity index (χ2v) is 6.06. The molecule has 2 aromatic rings. The van der Waals surface area contributed by atoms with Gasteiger partial charge >= 0.3 is 0 Å². The number of rotatable bonds is 2. The molecule has 1 aromatic heterocycles. The molecule has 1 saturated heterocycles. The first kappa shape index (κ1) is 11.9. The van der Waals surface area contributed by atoms with E-state index in [0.29, 0.717) is 25.1 Å². The Balaban J connectivity index is 2.08. The highest BCUT2D eigenvalue weighted by molar-refractivity contribution is 9.10. The monoisotopic (exact) mass is 308 g/mol. The minimum absolute atomic E-state index is 0.0382. The number of benzene rings is 1. The van der Waals surface area contributed by atoms with E-state index in [1.54, 1.807) is 6.20 Å². The maximum Gasteiger partial charge on any atom is 0.274 e. The Labute approximate surface area is 113 Å². The van der Waals surface area contributed by atoms with E-state index >= 15 is 0 Å². The molecular weight excluding hydrogens is 296 g/mol. The first-order valence-electron chi connectivity index (χ1n) is 5.81. The van der Waals surface area contributed by atoms with Crippen molar-refractivity contribution in [2.45, 2.75) is 13.5 Å². The van der Waals surface area contributed by atoms with Gasteiger partial charge in [0.15, 0.2) is 0 Å². The van der Waals surface area contributed by atoms with Gasteiger partial charge in [-0.25, -0.2) is 4.68 Å². The molecule has 1 aliphatic rings. The number of hydrogen-bond acceptors (Lipinski definition) is 3. The van der Waals surface area contributed by atoms with E-state index in [4.69, 9.17) is 4.74 Å². The average Bonchev–Trinajstić information content (AvgIpc) is 2.31. The van der Waals surface area contributed by atoms with Crippen molar-refractivity contribution in [3.05, 3.63) is 39.2 Å². The predicted octanol–water partition coefficient (Wildman–Crippen LogP) is 2.20. The lowest BCUT2D eigenvalue weighted by molar-refractivity contribution is -0.112. The molecule has 0 aliphatic carbocycles. The van der Waals surface area contributed by atoms with Gasteiger partial charge in [0.1, 0.15) is 0 Å². The summed E-state index contributed by atoms with van der Waals surface area (Å²) in [5.74, 6) is 0. The molecule has 18 heavy (non-hydrogen) atoms. The van der Waals surface area contributed by atoms with Gasteiger partial charge < -0.3 is 4.74 Å². The van der Waals surface area contributed by atoms with Crippen molar-refractivity contribution in [3.63, 3.8) is 0 Å². The summed E-state index contributed by atoms with van der Waals surface area (Å²) >= 11 is 3.39. The van der Waals surface area contributed by atoms with E-state index in [9.17, 15) is 4.79 Å². The lowest BCUT2D eigenvalue weighted by atomic mass is 9.89. The quantitative estimate of drug-likeness (QED) is 0.854. The van der Waals surface area contributed by atoms with Crippen molar-refractivity contribution in [2.24, 2.45) is 5.41 Å². The van der Waals surface area contributed by atoms with Crippen LogP contribution in [0.3, 0.4) is 0 Å². The standard InChI is InChI=1S/C13H13BrN2O2/c1-13(7-18-8-13)6-16-12(17)11-4-10(14)3-2-9(11)5-15-16/h2-5H,6-8H2,1H3. The Morgan fingerprint density at radius 2 is 2.28 bits per heavy atom. The minimum Gasteiger partial charge on any atom is -0.380 e. The molecule has 0 amide bonds. The molecule has 0 N–H and O–H groups in total. The Hall–Kier alpha value is -1.20. The molecular formula is C13H13BrN2O2. The van der Waals surface area contributed by atoms with Crippen molar-refractivity contribution < 1.29 is 4.74 Å². The summed E-state index contributed by atoms with van der Waals surface area (Å²) in [6.07, 6.45) is 1.74. The van der Waals surface area contributed by atoms with Crippen LogP contribution in [-0.2, 0) is 11.3 Å². The van der Waals surface area contributed by atoms with Crippen LogP contribution >= 0.6 is 15.9 Å². The predicted molar refractivity (Wildman–Crippen MR) is 72.6 cm³/mol. The maximum absolute atomic E-state index is 12.3. The highest BCUT2D eigenvalue weighted by Crippen LogP contribution is 2.27. The van der Waals surface area contributed by atoms with Gasteiger partial charge in [-0.1, -0.05) is 28.9 Å². The van der Waals surface area contributed by atoms with Crippen LogP contribution in [0.25, 0.3) is 10.8 Å². The highest BCUT2D eigenvalue weighted by atomic mass is 79.9. The van der Waals surface area contributed by atoms with Gasteiger partial charge in [0, 0.05) is 15.3 Å². The van der Waals surface area contributed by atoms with Crippen LogP contribution in [0.1, 0.15) is 6.92 Å². The van der Waals surface area contributed by atoms with Crippen molar-refractivity contribution in [1.82, 2.24) is 9.78 Å². The van der Waals surface area contributed by atoms with Gasteiger partial charge in [0.05, 0.1) is 31.3 Å². The largest absolute Gasteiger partial charge is 0.380 e. The average molecular weight is 309 g/mol. The van der Waals surface area contributed by atoms with Crippen molar-refractivity contribution >= 4 is 26.7 Å². The molecule has 0 spiro atoms. The Morgan fingerprint density at radius 3 is 2.94 bits per heavy atom. The highest BCUT2D eigenvalue weighted by Gasteiger charge is 2.34. The molecule has 0 atom stereocenters. The van der Waals surface area contributed by atoms with E-state index in [2.05, 4.69) is 28.0 Å². The first-order valence-corrected chi connectivity index (χ1v) is 6.60. The number of fused-ring (bicyclic) bond motifs is 1. The minimum atomic E-state index is -0.0399. The van der Waals surface area contributed by atoms with E-state index < -0.39 is 0 Å². The summed E-state index contributed by atoms with van der Waals surface area (Å²) in [6.45, 7) is 4.10. The van der Waals surface area contributed by atoms with E-state index in [-0.39, 0.29) is 11.0 Å². The lowest BCUT2D eigenvalue weighted by Gasteiger charge is -2.37. The Morgan fingerprint density at radius 1 is 1.50 bits per heavy atom. The van der Waals surface area contributed by atoms with Gasteiger partial charge in [-0.15, -0.1) is 0 Å². The number of hydrogen-bond donors (Lipinski definition) is 0. The van der Waals surface area contributed by atoms with Gasteiger partial charge in [-0.3, -0.25) is 4.79 Å². The molecule has 2 heterocycles. The fourth-order valence-electron chi connectivity index (χ4n) is 2.17. The molecule has 0 radical (unpaired) electrons. The van der Waals surface area contributed by atoms with Crippen LogP contribution < -0.4 is 5.56 Å². The molecule has 1 aromatic carbocycles. The Kier molecular flexibility index (Phi) is 2.75. The molecule has 0 saturated carbocycles. The summed E-state index contributed by atoms with van der Waals surface area (Å²) in [6, 6.07) is 5.65. The van der Waals surface area contributed by atoms with Gasteiger partial charge in [0.25, 0.3) is 5.56 Å². The SMILES string of the molecule is CC1(Cn2ncc3ccc(Br)cc3c2=O)COC1. The number of halogens is 1. The molecule has 0 bridgehead atoms. The molecule has 1 aliphatic heterocycles. The third-order valence-corrected chi connectivity index (χ3v) is 3.74. The van der Waals surface area contributed by atoms with Crippen molar-refractivity contribution in [2.75, 3.05) is 13.2 Å². The second kappa shape index (κ2) is 4.17. The van der Waals surface area contributed by atoms with Crippen LogP contribution in [0.5, 0.6) is 0 Å². The summed E-state index contributed by atoms with van der Waals surface area (Å²) in [5, 5.41) is 5.80. The van der Waals surface area contributed by atoms with Gasteiger partial charge in [0.2, 0.25) is 0 Å². The second-order valence-electron chi connectivity index (χ2n) is 5.14. The normalized spacial score (nSPS) is 17.7. The van der Waals surface area contributed by atoms with Crippen LogP contribution in [0.2, 0.25) is 0 Å². The summed E-state index contributed by atoms with van der Waals surface area (Å²) in [5.41, 5.74) is -0.00167. The molecule has 5 heteroatoms. The molecule has 3 rings (SSSR count). The maximum atomic E-state index is 12.3. The zero-order valence-corrected chi connectivity index (χ0v) is 11.6. The topological polar surface area (TPSA) is 44.1 Å². The van der Waals surface area contributed by atoms with Crippen LogP contribution in [0.4, 0.5) is 0 Å². The third kappa shape index (κ3) is 1.97. The fourth-order valence-corrected chi connectivity index (χ4v) is 2.53. The van der Waals surface area contributed by atoms with E-state index in [0.717, 1.165) is 9.86 Å². The fraction of sp³-hybridized carbons (Fsp3) is 0.385. The zero-order valence-electron chi connectivity index (χ0n) is 10.0. The Bertz CT molecular complexity index is 662. The smallest absolute Gasteiger partial charge is 0.274 e. The molecule has 94 valence electrons. The van der Waals surface area contributed by atoms with Crippen molar-refractivity contribution in [3.8, 4) is 0 Å². The van der Waals surface area contributed by atoms with Crippen LogP contribution in [0, 0.1) is 5.41 Å². The van der Waals surface area contributed by atoms with Crippen LogP contribution in [-0.4, -0.2) is 23.0 Å². The van der Waals surface area contributed by atoms with Gasteiger partial charge in [-0.2, -0.15) is 5.10 Å². The summed E-state index contributed by atoms with van der Waals surface area (Å²) in [7, 11) is 0. The zero-order chi connectivity index (χ0) is 12.8. The van der Waals surface area contributed by atoms with Gasteiger partial charge in [-0.05, 0) is 12.1 Å². The summed E-state index contributed by atoms with van der Waals surface area (Å²) in [4.78, 5) is 12.3. The third-order valence-electron chi connectivity index (χ3n) is 3.25. The molecule has 1 fully saturated rings. The summed E-state index contributed by atoms with van der Waals surface area (Å²) < 4.78 is 7.65. The number of nitrogens with zero attached hydrogens (tertiary/aromatic N) is 2. The van der Waals surface area contributed by atoms with Crippen molar-refractivity contribution in [1.29, 1.82) is 0 Å². The van der Waals surface area contributed by atoms with E-state index in [1.807, 2.05) is 18.2 Å². The van der Waals surface area contributed by atoms with E-state index in [1.165, 1.54) is 4.68 Å². The molecule has 4 nitrogen and oxygen atoms in total. The molecule has 0 unspecified atom stereocenters. The van der Waals surface area contributed by atoms with Crippen LogP contribution in [0.15, 0.2) is 33.7 Å². The number of ether oxygens (including phenoxy) is 1. The number of aromatic nitrogens is 2. The lowest BCUT2D eigenvalue weighted by Crippen LogP contribution is -2.45.